The Kier molecular flexibility index (Phi) is 4.24. The Hall–Kier alpha value is -2.29. The largest absolute Gasteiger partial charge is 0.337 e. The van der Waals surface area contributed by atoms with E-state index in [1.54, 1.807) is 6.07 Å². The number of carbonyl (C=O) groups excluding carboxylic acids is 1. The molecule has 2 saturated heterocycles. The van der Waals surface area contributed by atoms with Crippen molar-refractivity contribution in [2.45, 2.75) is 25.7 Å². The van der Waals surface area contributed by atoms with E-state index in [-0.39, 0.29) is 5.91 Å². The van der Waals surface area contributed by atoms with Crippen LogP contribution in [0.3, 0.4) is 0 Å². The summed E-state index contributed by atoms with van der Waals surface area (Å²) in [6, 6.07) is 1.69. The Morgan fingerprint density at radius 3 is 2.58 bits per heavy atom. The van der Waals surface area contributed by atoms with Gasteiger partial charge in [-0.05, 0) is 61.0 Å². The van der Waals surface area contributed by atoms with E-state index in [0.717, 1.165) is 50.9 Å². The number of amides is 1. The van der Waals surface area contributed by atoms with Crippen molar-refractivity contribution < 1.29 is 4.79 Å². The maximum atomic E-state index is 12.6. The molecule has 0 aliphatic carbocycles. The lowest BCUT2D eigenvalue weighted by atomic mass is 9.79. The average molecular weight is 330 g/mol. The van der Waals surface area contributed by atoms with Crippen molar-refractivity contribution in [1.29, 1.82) is 0 Å². The predicted octanol–water partition coefficient (Wildman–Crippen LogP) is 0.237. The molecular weight excluding hydrogens is 308 g/mol. The summed E-state index contributed by atoms with van der Waals surface area (Å²) in [5.74, 6) is 2.11. The van der Waals surface area contributed by atoms with E-state index in [1.807, 2.05) is 4.90 Å². The lowest BCUT2D eigenvalue weighted by molar-refractivity contribution is 0.0636. The van der Waals surface area contributed by atoms with Gasteiger partial charge in [-0.3, -0.25) is 9.89 Å². The normalized spacial score (nSPS) is 20.4. The lowest BCUT2D eigenvalue weighted by Gasteiger charge is -2.37. The van der Waals surface area contributed by atoms with Crippen LogP contribution in [0.15, 0.2) is 12.4 Å². The molecule has 2 aliphatic heterocycles. The van der Waals surface area contributed by atoms with Gasteiger partial charge in [-0.15, -0.1) is 5.10 Å². The first-order valence-corrected chi connectivity index (χ1v) is 8.60. The number of likely N-dealkylation sites (tertiary alicyclic amines) is 1. The second-order valence-corrected chi connectivity index (χ2v) is 6.61. The van der Waals surface area contributed by atoms with E-state index in [0.29, 0.717) is 11.5 Å². The van der Waals surface area contributed by atoms with Crippen LogP contribution in [0, 0.1) is 11.8 Å². The first kappa shape index (κ1) is 15.3. The molecule has 4 heterocycles. The van der Waals surface area contributed by atoms with E-state index < -0.39 is 0 Å². The number of aromatic amines is 1. The van der Waals surface area contributed by atoms with E-state index in [2.05, 4.69) is 31.0 Å². The molecule has 24 heavy (non-hydrogen) atoms. The molecule has 0 spiro atoms. The van der Waals surface area contributed by atoms with Gasteiger partial charge in [-0.2, -0.15) is 9.78 Å². The zero-order valence-corrected chi connectivity index (χ0v) is 13.6. The second-order valence-electron chi connectivity index (χ2n) is 6.61. The zero-order valence-electron chi connectivity index (χ0n) is 13.6. The van der Waals surface area contributed by atoms with Gasteiger partial charge < -0.3 is 10.2 Å². The topological polar surface area (TPSA) is 105 Å². The minimum absolute atomic E-state index is 0.00517. The molecule has 0 bridgehead atoms. The third-order valence-corrected chi connectivity index (χ3v) is 5.26. The molecule has 128 valence electrons. The number of nitrogens with zero attached hydrogens (tertiary/aromatic N) is 6. The van der Waals surface area contributed by atoms with E-state index >= 15 is 0 Å². The van der Waals surface area contributed by atoms with Crippen LogP contribution in [0.5, 0.6) is 0 Å². The SMILES string of the molecule is O=C(c1cc(-n2cnnn2)n[nH]1)N1CCC(C2CCNCC2)CC1. The predicted molar refractivity (Wildman–Crippen MR) is 85.5 cm³/mol. The highest BCUT2D eigenvalue weighted by Gasteiger charge is 2.30. The van der Waals surface area contributed by atoms with E-state index in [9.17, 15) is 4.79 Å². The first-order valence-electron chi connectivity index (χ1n) is 8.60. The monoisotopic (exact) mass is 330 g/mol. The maximum Gasteiger partial charge on any atom is 0.271 e. The number of piperidine rings is 2. The Labute approximate surface area is 139 Å². The van der Waals surface area contributed by atoms with Crippen molar-refractivity contribution in [3.05, 3.63) is 18.1 Å². The minimum atomic E-state index is 0.00517. The molecule has 2 aromatic rings. The molecular formula is C15H22N8O. The average Bonchev–Trinajstić information content (AvgIpc) is 3.33. The number of H-pyrrole nitrogens is 1. The third-order valence-electron chi connectivity index (χ3n) is 5.26. The fraction of sp³-hybridized carbons (Fsp3) is 0.667. The number of rotatable bonds is 3. The molecule has 0 saturated carbocycles. The summed E-state index contributed by atoms with van der Waals surface area (Å²) in [5.41, 5.74) is 0.487. The van der Waals surface area contributed by atoms with Crippen LogP contribution in [0.4, 0.5) is 0 Å². The van der Waals surface area contributed by atoms with Crippen molar-refractivity contribution in [3.8, 4) is 5.82 Å². The molecule has 9 heteroatoms. The number of tetrazole rings is 1. The van der Waals surface area contributed by atoms with E-state index in [4.69, 9.17) is 0 Å². The molecule has 2 aromatic heterocycles. The highest BCUT2D eigenvalue weighted by atomic mass is 16.2. The van der Waals surface area contributed by atoms with Gasteiger partial charge in [0.25, 0.3) is 5.91 Å². The van der Waals surface area contributed by atoms with Gasteiger partial charge in [0, 0.05) is 19.2 Å². The third kappa shape index (κ3) is 3.03. The summed E-state index contributed by atoms with van der Waals surface area (Å²) >= 11 is 0. The molecule has 2 fully saturated rings. The second kappa shape index (κ2) is 6.68. The van der Waals surface area contributed by atoms with Crippen LogP contribution in [0.2, 0.25) is 0 Å². The summed E-state index contributed by atoms with van der Waals surface area (Å²) < 4.78 is 1.43. The summed E-state index contributed by atoms with van der Waals surface area (Å²) in [5, 5.41) is 21.3. The fourth-order valence-electron chi connectivity index (χ4n) is 3.86. The molecule has 4 rings (SSSR count). The Balaban J connectivity index is 1.36. The van der Waals surface area contributed by atoms with Gasteiger partial charge in [0.2, 0.25) is 0 Å². The van der Waals surface area contributed by atoms with Crippen LogP contribution in [-0.2, 0) is 0 Å². The van der Waals surface area contributed by atoms with Gasteiger partial charge in [0.1, 0.15) is 12.0 Å². The molecule has 0 unspecified atom stereocenters. The summed E-state index contributed by atoms with van der Waals surface area (Å²) in [4.78, 5) is 14.6. The molecule has 0 aromatic carbocycles. The maximum absolute atomic E-state index is 12.6. The zero-order chi connectivity index (χ0) is 16.4. The van der Waals surface area contributed by atoms with E-state index in [1.165, 1.54) is 23.9 Å². The molecule has 2 N–H and O–H groups in total. The van der Waals surface area contributed by atoms with Gasteiger partial charge in [-0.25, -0.2) is 0 Å². The summed E-state index contributed by atoms with van der Waals surface area (Å²) in [6.45, 7) is 3.93. The number of hydrogen-bond acceptors (Lipinski definition) is 6. The van der Waals surface area contributed by atoms with Crippen molar-refractivity contribution in [3.63, 3.8) is 0 Å². The van der Waals surface area contributed by atoms with Crippen molar-refractivity contribution in [2.75, 3.05) is 26.2 Å². The highest BCUT2D eigenvalue weighted by Crippen LogP contribution is 2.31. The van der Waals surface area contributed by atoms with Crippen LogP contribution in [0.25, 0.3) is 5.82 Å². The molecule has 0 radical (unpaired) electrons. The molecule has 1 amide bonds. The van der Waals surface area contributed by atoms with Crippen molar-refractivity contribution in [1.82, 2.24) is 40.6 Å². The Morgan fingerprint density at radius 1 is 1.12 bits per heavy atom. The van der Waals surface area contributed by atoms with Crippen molar-refractivity contribution in [2.24, 2.45) is 11.8 Å². The molecule has 2 aliphatic rings. The van der Waals surface area contributed by atoms with Crippen molar-refractivity contribution >= 4 is 5.91 Å². The molecule has 9 nitrogen and oxygen atoms in total. The Morgan fingerprint density at radius 2 is 1.88 bits per heavy atom. The highest BCUT2D eigenvalue weighted by molar-refractivity contribution is 5.92. The Bertz CT molecular complexity index is 667. The number of carbonyl (C=O) groups is 1. The minimum Gasteiger partial charge on any atom is -0.337 e. The number of aromatic nitrogens is 6. The number of hydrogen-bond donors (Lipinski definition) is 2. The van der Waals surface area contributed by atoms with Crippen LogP contribution in [0.1, 0.15) is 36.2 Å². The van der Waals surface area contributed by atoms with Gasteiger partial charge in [0.05, 0.1) is 0 Å². The smallest absolute Gasteiger partial charge is 0.271 e. The standard InChI is InChI=1S/C15H22N8O/c24-15(13-9-14(19-18-13)23-10-17-20-21-23)22-7-3-12(4-8-22)11-1-5-16-6-2-11/h9-12,16H,1-8H2,(H,18,19). The molecule has 0 atom stereocenters. The quantitative estimate of drug-likeness (QED) is 0.835. The van der Waals surface area contributed by atoms with Crippen LogP contribution >= 0.6 is 0 Å². The van der Waals surface area contributed by atoms with Gasteiger partial charge in [0.15, 0.2) is 5.82 Å². The van der Waals surface area contributed by atoms with Gasteiger partial charge in [-0.1, -0.05) is 0 Å². The fourth-order valence-corrected chi connectivity index (χ4v) is 3.86. The number of nitrogens with one attached hydrogen (secondary N) is 2. The van der Waals surface area contributed by atoms with Gasteiger partial charge >= 0.3 is 0 Å². The first-order chi connectivity index (χ1) is 11.8. The lowest BCUT2D eigenvalue weighted by Crippen LogP contribution is -2.42. The summed E-state index contributed by atoms with van der Waals surface area (Å²) in [6.07, 6.45) is 6.20. The van der Waals surface area contributed by atoms with Crippen LogP contribution in [-0.4, -0.2) is 67.4 Å². The van der Waals surface area contributed by atoms with Crippen LogP contribution < -0.4 is 5.32 Å². The summed E-state index contributed by atoms with van der Waals surface area (Å²) in [7, 11) is 0.